The first kappa shape index (κ1) is 24.9. The SMILES string of the molecule is CCC(C)OC(C)CNC(=O)c1cc(OC[C@H]2CCCN2c2ncnc3[nH]cnc23)c2ccccc2n1. The van der Waals surface area contributed by atoms with Crippen LogP contribution in [0.3, 0.4) is 0 Å². The van der Waals surface area contributed by atoms with Gasteiger partial charge in [-0.1, -0.05) is 19.1 Å². The number of H-pyrrole nitrogens is 1. The lowest BCUT2D eigenvalue weighted by Gasteiger charge is -2.26. The Hall–Kier alpha value is -3.79. The molecular formula is C27H33N7O3. The average molecular weight is 504 g/mol. The van der Waals surface area contributed by atoms with Crippen LogP contribution in [-0.4, -0.2) is 68.8 Å². The zero-order valence-electron chi connectivity index (χ0n) is 21.5. The third-order valence-corrected chi connectivity index (χ3v) is 6.78. The largest absolute Gasteiger partial charge is 0.491 e. The average Bonchev–Trinajstić information content (AvgIpc) is 3.59. The topological polar surface area (TPSA) is 118 Å². The minimum absolute atomic E-state index is 0.0915. The van der Waals surface area contributed by atoms with E-state index in [1.165, 1.54) is 0 Å². The summed E-state index contributed by atoms with van der Waals surface area (Å²) in [6.07, 6.45) is 6.18. The second kappa shape index (κ2) is 11.1. The molecule has 0 radical (unpaired) electrons. The molecule has 2 unspecified atom stereocenters. The summed E-state index contributed by atoms with van der Waals surface area (Å²) >= 11 is 0. The number of aromatic nitrogens is 5. The molecule has 0 aliphatic carbocycles. The lowest BCUT2D eigenvalue weighted by atomic mass is 10.1. The van der Waals surface area contributed by atoms with Crippen molar-refractivity contribution in [1.29, 1.82) is 0 Å². The van der Waals surface area contributed by atoms with Crippen LogP contribution in [0.25, 0.3) is 22.1 Å². The van der Waals surface area contributed by atoms with Crippen molar-refractivity contribution >= 4 is 33.8 Å². The van der Waals surface area contributed by atoms with E-state index >= 15 is 0 Å². The van der Waals surface area contributed by atoms with E-state index < -0.39 is 0 Å². The predicted octanol–water partition coefficient (Wildman–Crippen LogP) is 3.88. The highest BCUT2D eigenvalue weighted by Crippen LogP contribution is 2.30. The molecule has 3 atom stereocenters. The first-order chi connectivity index (χ1) is 18.0. The fraction of sp³-hybridized carbons (Fsp3) is 0.444. The summed E-state index contributed by atoms with van der Waals surface area (Å²) in [5.74, 6) is 1.20. The van der Waals surface area contributed by atoms with Gasteiger partial charge in [0.2, 0.25) is 0 Å². The number of hydrogen-bond donors (Lipinski definition) is 2. The number of nitrogens with zero attached hydrogens (tertiary/aromatic N) is 5. The van der Waals surface area contributed by atoms with Crippen molar-refractivity contribution in [3.8, 4) is 5.75 Å². The van der Waals surface area contributed by atoms with Gasteiger partial charge in [-0.25, -0.2) is 19.9 Å². The van der Waals surface area contributed by atoms with Gasteiger partial charge >= 0.3 is 0 Å². The number of carbonyl (C=O) groups excluding carboxylic acids is 1. The van der Waals surface area contributed by atoms with E-state index in [9.17, 15) is 4.79 Å². The molecule has 1 saturated heterocycles. The molecule has 4 aromatic rings. The van der Waals surface area contributed by atoms with Gasteiger partial charge in [-0.2, -0.15) is 0 Å². The van der Waals surface area contributed by atoms with Crippen LogP contribution in [0.4, 0.5) is 5.82 Å². The van der Waals surface area contributed by atoms with Crippen molar-refractivity contribution < 1.29 is 14.3 Å². The Kier molecular flexibility index (Phi) is 7.45. The fourth-order valence-corrected chi connectivity index (χ4v) is 4.68. The van der Waals surface area contributed by atoms with Gasteiger partial charge in [-0.05, 0) is 45.2 Å². The van der Waals surface area contributed by atoms with Gasteiger partial charge in [0.05, 0.1) is 30.1 Å². The summed E-state index contributed by atoms with van der Waals surface area (Å²) in [5, 5.41) is 3.82. The number of aromatic amines is 1. The minimum Gasteiger partial charge on any atom is -0.491 e. The summed E-state index contributed by atoms with van der Waals surface area (Å²) in [6.45, 7) is 7.79. The number of benzene rings is 1. The standard InChI is InChI=1S/C27H33N7O3/c1-4-17(2)37-18(3)13-28-27(35)22-12-23(20-9-5-6-10-21(20)33-22)36-14-19-8-7-11-34(19)26-24-25(30-15-29-24)31-16-32-26/h5-6,9-10,12,15-19H,4,7-8,11,13-14H2,1-3H3,(H,28,35)(H,29,30,31,32)/t17?,18?,19-/m1/s1. The second-order valence-corrected chi connectivity index (χ2v) is 9.50. The summed E-state index contributed by atoms with van der Waals surface area (Å²) < 4.78 is 12.2. The van der Waals surface area contributed by atoms with E-state index in [4.69, 9.17) is 9.47 Å². The number of imidazole rings is 1. The van der Waals surface area contributed by atoms with E-state index in [1.54, 1.807) is 18.7 Å². The molecule has 10 nitrogen and oxygen atoms in total. The zero-order valence-corrected chi connectivity index (χ0v) is 21.5. The normalized spacial score (nSPS) is 17.3. The Morgan fingerprint density at radius 1 is 1.22 bits per heavy atom. The van der Waals surface area contributed by atoms with Gasteiger partial charge < -0.3 is 24.7 Å². The number of hydrogen-bond acceptors (Lipinski definition) is 8. The van der Waals surface area contributed by atoms with Gasteiger partial charge in [0.15, 0.2) is 11.5 Å². The molecular weight excluding hydrogens is 470 g/mol. The molecule has 0 saturated carbocycles. The number of pyridine rings is 1. The number of rotatable bonds is 10. The number of ether oxygens (including phenoxy) is 2. The number of nitrogens with one attached hydrogen (secondary N) is 2. The molecule has 194 valence electrons. The monoisotopic (exact) mass is 503 g/mol. The molecule has 2 N–H and O–H groups in total. The summed E-state index contributed by atoms with van der Waals surface area (Å²) in [5.41, 5.74) is 2.51. The Labute approximate surface area is 215 Å². The number of anilines is 1. The highest BCUT2D eigenvalue weighted by molar-refractivity contribution is 5.97. The van der Waals surface area contributed by atoms with Gasteiger partial charge in [-0.15, -0.1) is 0 Å². The van der Waals surface area contributed by atoms with Crippen molar-refractivity contribution in [3.63, 3.8) is 0 Å². The molecule has 1 aliphatic heterocycles. The van der Waals surface area contributed by atoms with Crippen LogP contribution in [-0.2, 0) is 4.74 Å². The lowest BCUT2D eigenvalue weighted by molar-refractivity contribution is 0.00759. The number of para-hydroxylation sites is 1. The first-order valence-electron chi connectivity index (χ1n) is 12.9. The Morgan fingerprint density at radius 2 is 2.08 bits per heavy atom. The van der Waals surface area contributed by atoms with Crippen LogP contribution in [0.5, 0.6) is 5.75 Å². The first-order valence-corrected chi connectivity index (χ1v) is 12.9. The van der Waals surface area contributed by atoms with Crippen LogP contribution >= 0.6 is 0 Å². The highest BCUT2D eigenvalue weighted by Gasteiger charge is 2.29. The molecule has 4 heterocycles. The van der Waals surface area contributed by atoms with Gasteiger partial charge in [0.25, 0.3) is 5.91 Å². The summed E-state index contributed by atoms with van der Waals surface area (Å²) in [6, 6.07) is 9.56. The molecule has 0 bridgehead atoms. The maximum Gasteiger partial charge on any atom is 0.270 e. The van der Waals surface area contributed by atoms with E-state index in [-0.39, 0.29) is 24.2 Å². The van der Waals surface area contributed by atoms with Crippen LogP contribution in [0, 0.1) is 0 Å². The fourth-order valence-electron chi connectivity index (χ4n) is 4.68. The number of carbonyl (C=O) groups is 1. The number of fused-ring (bicyclic) bond motifs is 2. The van der Waals surface area contributed by atoms with Gasteiger partial charge in [0.1, 0.15) is 29.9 Å². The maximum atomic E-state index is 13.0. The number of amides is 1. The lowest BCUT2D eigenvalue weighted by Crippen LogP contribution is -2.35. The third kappa shape index (κ3) is 5.48. The molecule has 5 rings (SSSR count). The third-order valence-electron chi connectivity index (χ3n) is 6.78. The van der Waals surface area contributed by atoms with Gasteiger partial charge in [0, 0.05) is 24.5 Å². The van der Waals surface area contributed by atoms with Crippen molar-refractivity contribution in [2.24, 2.45) is 0 Å². The van der Waals surface area contributed by atoms with Crippen molar-refractivity contribution in [3.05, 3.63) is 48.7 Å². The molecule has 1 amide bonds. The minimum atomic E-state index is -0.250. The summed E-state index contributed by atoms with van der Waals surface area (Å²) in [4.78, 5) is 36.0. The van der Waals surface area contributed by atoms with Crippen LogP contribution < -0.4 is 15.0 Å². The molecule has 37 heavy (non-hydrogen) atoms. The molecule has 1 aliphatic rings. The maximum absolute atomic E-state index is 13.0. The van der Waals surface area contributed by atoms with Crippen molar-refractivity contribution in [2.75, 3.05) is 24.6 Å². The Bertz CT molecular complexity index is 1370. The van der Waals surface area contributed by atoms with Crippen LogP contribution in [0.1, 0.15) is 50.5 Å². The van der Waals surface area contributed by atoms with E-state index in [0.29, 0.717) is 30.1 Å². The smallest absolute Gasteiger partial charge is 0.270 e. The van der Waals surface area contributed by atoms with Crippen molar-refractivity contribution in [1.82, 2.24) is 30.2 Å². The predicted molar refractivity (Wildman–Crippen MR) is 142 cm³/mol. The highest BCUT2D eigenvalue weighted by atomic mass is 16.5. The quantitative estimate of drug-likeness (QED) is 0.335. The molecule has 10 heteroatoms. The Morgan fingerprint density at radius 3 is 2.95 bits per heavy atom. The second-order valence-electron chi connectivity index (χ2n) is 9.50. The van der Waals surface area contributed by atoms with Gasteiger partial charge in [-0.3, -0.25) is 4.79 Å². The summed E-state index contributed by atoms with van der Waals surface area (Å²) in [7, 11) is 0. The molecule has 3 aromatic heterocycles. The van der Waals surface area contributed by atoms with Crippen LogP contribution in [0.15, 0.2) is 43.0 Å². The van der Waals surface area contributed by atoms with E-state index in [2.05, 4.69) is 42.1 Å². The van der Waals surface area contributed by atoms with Crippen LogP contribution in [0.2, 0.25) is 0 Å². The molecule has 0 spiro atoms. The molecule has 1 fully saturated rings. The van der Waals surface area contributed by atoms with E-state index in [1.807, 2.05) is 38.1 Å². The zero-order chi connectivity index (χ0) is 25.8. The van der Waals surface area contributed by atoms with E-state index in [0.717, 1.165) is 48.2 Å². The molecule has 1 aromatic carbocycles. The Balaban J connectivity index is 1.32. The van der Waals surface area contributed by atoms with Crippen molar-refractivity contribution in [2.45, 2.75) is 58.3 Å².